The predicted octanol–water partition coefficient (Wildman–Crippen LogP) is 2.69. The van der Waals surface area contributed by atoms with Gasteiger partial charge < -0.3 is 14.4 Å². The minimum Gasteiger partial charge on any atom is -0.486 e. The van der Waals surface area contributed by atoms with Gasteiger partial charge >= 0.3 is 5.97 Å². The maximum Gasteiger partial charge on any atom is 0.311 e. The molecule has 1 saturated heterocycles. The molecule has 26 heavy (non-hydrogen) atoms. The number of aryl methyl sites for hydroxylation is 1. The van der Waals surface area contributed by atoms with Crippen molar-refractivity contribution >= 4 is 5.97 Å². The maximum absolute atomic E-state index is 11.8. The number of ether oxygens (including phenoxy) is 1. The van der Waals surface area contributed by atoms with Crippen LogP contribution in [0.4, 0.5) is 0 Å². The molecule has 0 radical (unpaired) electrons. The van der Waals surface area contributed by atoms with Gasteiger partial charge in [-0.15, -0.1) is 0 Å². The molecule has 1 aliphatic heterocycles. The first-order valence-electron chi connectivity index (χ1n) is 9.20. The van der Waals surface area contributed by atoms with Gasteiger partial charge in [-0.1, -0.05) is 18.6 Å². The number of nitrogens with zero attached hydrogens (tertiary/aromatic N) is 3. The average molecular weight is 355 g/mol. The molecule has 6 nitrogen and oxygen atoms in total. The summed E-state index contributed by atoms with van der Waals surface area (Å²) in [5, 5.41) is 9.70. The van der Waals surface area contributed by atoms with Crippen LogP contribution < -0.4 is 4.74 Å². The minimum absolute atomic E-state index is 0.306. The Labute approximate surface area is 153 Å². The van der Waals surface area contributed by atoms with Crippen LogP contribution in [0.25, 0.3) is 0 Å². The molecule has 2 heterocycles. The Morgan fingerprint density at radius 3 is 2.85 bits per heavy atom. The fraction of sp³-hybridized carbons (Fsp3) is 0.500. The van der Waals surface area contributed by atoms with E-state index >= 15 is 0 Å². The van der Waals surface area contributed by atoms with Gasteiger partial charge in [0.2, 0.25) is 0 Å². The van der Waals surface area contributed by atoms with E-state index in [1.54, 1.807) is 6.20 Å². The van der Waals surface area contributed by atoms with Crippen molar-refractivity contribution in [3.8, 4) is 5.75 Å². The van der Waals surface area contributed by atoms with Crippen molar-refractivity contribution in [2.45, 2.75) is 32.4 Å². The number of aliphatic carboxylic acids is 1. The van der Waals surface area contributed by atoms with Gasteiger partial charge in [0, 0.05) is 39.1 Å². The first-order chi connectivity index (χ1) is 12.6. The van der Waals surface area contributed by atoms with Gasteiger partial charge in [0.15, 0.2) is 0 Å². The van der Waals surface area contributed by atoms with Crippen molar-refractivity contribution in [2.75, 3.05) is 13.1 Å². The summed E-state index contributed by atoms with van der Waals surface area (Å²) < 4.78 is 7.73. The molecular formula is C20H25N3O3. The monoisotopic (exact) mass is 355 g/mol. The Morgan fingerprint density at radius 2 is 2.19 bits per heavy atom. The van der Waals surface area contributed by atoms with E-state index < -0.39 is 11.4 Å². The van der Waals surface area contributed by atoms with E-state index in [-0.39, 0.29) is 0 Å². The van der Waals surface area contributed by atoms with E-state index in [1.165, 1.54) is 5.56 Å². The molecule has 0 bridgehead atoms. The lowest BCUT2D eigenvalue weighted by Crippen LogP contribution is -2.35. The van der Waals surface area contributed by atoms with Gasteiger partial charge in [0.1, 0.15) is 18.2 Å². The minimum atomic E-state index is -0.611. The SMILES string of the molecule is Cn1ccnc1COc1ccc(CN2C[C@@H]3CCC[C@@]3(C(=O)O)C2)cc1. The van der Waals surface area contributed by atoms with Crippen LogP contribution in [0.1, 0.15) is 30.7 Å². The zero-order valence-electron chi connectivity index (χ0n) is 15.1. The van der Waals surface area contributed by atoms with Crippen LogP contribution in [0.3, 0.4) is 0 Å². The first kappa shape index (κ1) is 17.1. The van der Waals surface area contributed by atoms with Crippen molar-refractivity contribution in [1.29, 1.82) is 0 Å². The summed E-state index contributed by atoms with van der Waals surface area (Å²) in [6, 6.07) is 8.08. The number of carbonyl (C=O) groups is 1. The van der Waals surface area contributed by atoms with Gasteiger partial charge in [0.25, 0.3) is 0 Å². The third kappa shape index (κ3) is 3.09. The van der Waals surface area contributed by atoms with Crippen molar-refractivity contribution in [3.63, 3.8) is 0 Å². The molecule has 2 atom stereocenters. The van der Waals surface area contributed by atoms with Crippen molar-refractivity contribution in [1.82, 2.24) is 14.5 Å². The number of rotatable bonds is 6. The van der Waals surface area contributed by atoms with Crippen molar-refractivity contribution < 1.29 is 14.6 Å². The summed E-state index contributed by atoms with van der Waals surface area (Å²) in [6.07, 6.45) is 6.58. The third-order valence-corrected chi connectivity index (χ3v) is 5.99. The van der Waals surface area contributed by atoms with E-state index in [4.69, 9.17) is 4.74 Å². The number of hydrogen-bond donors (Lipinski definition) is 1. The van der Waals surface area contributed by atoms with Crippen LogP contribution in [0.15, 0.2) is 36.7 Å². The molecule has 1 saturated carbocycles. The molecule has 2 fully saturated rings. The average Bonchev–Trinajstić information content (AvgIpc) is 3.29. The van der Waals surface area contributed by atoms with E-state index in [9.17, 15) is 9.90 Å². The lowest BCUT2D eigenvalue weighted by molar-refractivity contribution is -0.149. The first-order valence-corrected chi connectivity index (χ1v) is 9.20. The van der Waals surface area contributed by atoms with E-state index in [0.717, 1.165) is 43.9 Å². The van der Waals surface area contributed by atoms with Crippen molar-refractivity contribution in [2.24, 2.45) is 18.4 Å². The third-order valence-electron chi connectivity index (χ3n) is 5.99. The zero-order valence-corrected chi connectivity index (χ0v) is 15.1. The molecular weight excluding hydrogens is 330 g/mol. The van der Waals surface area contributed by atoms with Gasteiger partial charge in [-0.25, -0.2) is 4.98 Å². The number of likely N-dealkylation sites (tertiary alicyclic amines) is 1. The second-order valence-corrected chi connectivity index (χ2v) is 7.61. The lowest BCUT2D eigenvalue weighted by atomic mass is 9.81. The summed E-state index contributed by atoms with van der Waals surface area (Å²) >= 11 is 0. The Bertz CT molecular complexity index is 786. The molecule has 1 aromatic heterocycles. The molecule has 2 aromatic rings. The number of carboxylic acid groups (broad SMARTS) is 1. The van der Waals surface area contributed by atoms with E-state index in [0.29, 0.717) is 19.1 Å². The molecule has 1 aliphatic carbocycles. The van der Waals surface area contributed by atoms with Gasteiger partial charge in [-0.3, -0.25) is 9.69 Å². The molecule has 0 amide bonds. The number of carboxylic acids is 1. The topological polar surface area (TPSA) is 67.6 Å². The Morgan fingerprint density at radius 1 is 1.38 bits per heavy atom. The fourth-order valence-corrected chi connectivity index (χ4v) is 4.50. The van der Waals surface area contributed by atoms with Crippen LogP contribution in [0, 0.1) is 11.3 Å². The normalized spacial score (nSPS) is 25.3. The summed E-state index contributed by atoms with van der Waals surface area (Å²) in [4.78, 5) is 18.3. The molecule has 6 heteroatoms. The van der Waals surface area contributed by atoms with Gasteiger partial charge in [0.05, 0.1) is 5.41 Å². The van der Waals surface area contributed by atoms with Crippen LogP contribution in [-0.4, -0.2) is 38.6 Å². The van der Waals surface area contributed by atoms with Crippen LogP contribution in [0.2, 0.25) is 0 Å². The number of benzene rings is 1. The van der Waals surface area contributed by atoms with Crippen LogP contribution in [-0.2, 0) is 25.0 Å². The summed E-state index contributed by atoms with van der Waals surface area (Å²) in [6.45, 7) is 2.80. The molecule has 2 aliphatic rings. The number of fused-ring (bicyclic) bond motifs is 1. The highest BCUT2D eigenvalue weighted by Gasteiger charge is 2.54. The molecule has 0 spiro atoms. The quantitative estimate of drug-likeness (QED) is 0.863. The second-order valence-electron chi connectivity index (χ2n) is 7.61. The van der Waals surface area contributed by atoms with Crippen molar-refractivity contribution in [3.05, 3.63) is 48.0 Å². The van der Waals surface area contributed by atoms with Crippen LogP contribution in [0.5, 0.6) is 5.75 Å². The Kier molecular flexibility index (Phi) is 4.44. The van der Waals surface area contributed by atoms with Gasteiger partial charge in [-0.05, 0) is 36.5 Å². The number of imidazole rings is 1. The maximum atomic E-state index is 11.8. The zero-order chi connectivity index (χ0) is 18.1. The molecule has 138 valence electrons. The van der Waals surface area contributed by atoms with E-state index in [2.05, 4.69) is 22.0 Å². The smallest absolute Gasteiger partial charge is 0.311 e. The molecule has 1 N–H and O–H groups in total. The highest BCUT2D eigenvalue weighted by molar-refractivity contribution is 5.76. The summed E-state index contributed by atoms with van der Waals surface area (Å²) in [5.41, 5.74) is 0.681. The fourth-order valence-electron chi connectivity index (χ4n) is 4.50. The van der Waals surface area contributed by atoms with Crippen LogP contribution >= 0.6 is 0 Å². The predicted molar refractivity (Wildman–Crippen MR) is 96.7 cm³/mol. The molecule has 4 rings (SSSR count). The lowest BCUT2D eigenvalue weighted by Gasteiger charge is -2.23. The number of hydrogen-bond acceptors (Lipinski definition) is 4. The Balaban J connectivity index is 1.35. The Hall–Kier alpha value is -2.34. The number of aromatic nitrogens is 2. The standard InChI is InChI=1S/C20H25N3O3/c1-22-10-9-21-18(22)13-26-17-6-4-15(5-7-17)11-23-12-16-3-2-8-20(16,14-23)19(24)25/h4-7,9-10,16H,2-3,8,11-14H2,1H3,(H,24,25)/t16-,20+/m0/s1. The van der Waals surface area contributed by atoms with Gasteiger partial charge in [-0.2, -0.15) is 0 Å². The van der Waals surface area contributed by atoms with E-state index in [1.807, 2.05) is 29.9 Å². The highest BCUT2D eigenvalue weighted by atomic mass is 16.5. The summed E-state index contributed by atoms with van der Waals surface area (Å²) in [7, 11) is 1.95. The molecule has 0 unspecified atom stereocenters. The second kappa shape index (κ2) is 6.76. The highest BCUT2D eigenvalue weighted by Crippen LogP contribution is 2.49. The largest absolute Gasteiger partial charge is 0.486 e. The molecule has 1 aromatic carbocycles. The summed E-state index contributed by atoms with van der Waals surface area (Å²) in [5.74, 6) is 1.40.